The molecule has 0 bridgehead atoms. The summed E-state index contributed by atoms with van der Waals surface area (Å²) in [4.78, 5) is 12.1. The van der Waals surface area contributed by atoms with Crippen molar-refractivity contribution in [3.05, 3.63) is 52.5 Å². The molecule has 1 aliphatic rings. The molecular formula is C18H17ClN2O4. The van der Waals surface area contributed by atoms with Gasteiger partial charge in [0, 0.05) is 5.02 Å². The molecule has 1 N–H and O–H groups in total. The van der Waals surface area contributed by atoms with Gasteiger partial charge in [-0.3, -0.25) is 4.79 Å². The quantitative estimate of drug-likeness (QED) is 0.656. The number of aryl methyl sites for hydroxylation is 1. The maximum Gasteiger partial charge on any atom is 0.280 e. The maximum atomic E-state index is 12.1. The summed E-state index contributed by atoms with van der Waals surface area (Å²) in [5, 5.41) is 4.56. The number of nitrogens with one attached hydrogen (secondary N) is 1. The van der Waals surface area contributed by atoms with Gasteiger partial charge in [0.15, 0.2) is 17.6 Å². The molecule has 7 heteroatoms. The molecule has 1 atom stereocenters. The number of fused-ring (bicyclic) bond motifs is 1. The number of amides is 1. The van der Waals surface area contributed by atoms with Gasteiger partial charge in [-0.25, -0.2) is 5.43 Å². The Bertz CT molecular complexity index is 823. The Balaban J connectivity index is 1.56. The Hall–Kier alpha value is -2.73. The number of benzene rings is 2. The van der Waals surface area contributed by atoms with Crippen LogP contribution in [0.3, 0.4) is 0 Å². The van der Waals surface area contributed by atoms with Gasteiger partial charge in [0.05, 0.1) is 6.21 Å². The minimum Gasteiger partial charge on any atom is -0.481 e. The van der Waals surface area contributed by atoms with E-state index in [-0.39, 0.29) is 12.7 Å². The number of hydrogen-bond acceptors (Lipinski definition) is 5. The van der Waals surface area contributed by atoms with Crippen molar-refractivity contribution in [3.63, 3.8) is 0 Å². The fourth-order valence-corrected chi connectivity index (χ4v) is 2.47. The van der Waals surface area contributed by atoms with Crippen LogP contribution in [0.2, 0.25) is 5.02 Å². The highest BCUT2D eigenvalue weighted by Gasteiger charge is 2.15. The number of hydrazone groups is 1. The second-order valence-corrected chi connectivity index (χ2v) is 5.95. The summed E-state index contributed by atoms with van der Waals surface area (Å²) in [6.45, 7) is 3.73. The lowest BCUT2D eigenvalue weighted by Crippen LogP contribution is -2.33. The first-order chi connectivity index (χ1) is 12.0. The van der Waals surface area contributed by atoms with Gasteiger partial charge < -0.3 is 14.2 Å². The Morgan fingerprint density at radius 1 is 1.28 bits per heavy atom. The number of ether oxygens (including phenoxy) is 3. The van der Waals surface area contributed by atoms with E-state index in [0.29, 0.717) is 22.3 Å². The average Bonchev–Trinajstić information content (AvgIpc) is 3.05. The second-order valence-electron chi connectivity index (χ2n) is 5.52. The van der Waals surface area contributed by atoms with Crippen molar-refractivity contribution < 1.29 is 19.0 Å². The van der Waals surface area contributed by atoms with Crippen LogP contribution in [-0.2, 0) is 4.79 Å². The van der Waals surface area contributed by atoms with Crippen molar-refractivity contribution in [1.29, 1.82) is 0 Å². The molecule has 0 aliphatic carbocycles. The summed E-state index contributed by atoms with van der Waals surface area (Å²) >= 11 is 5.91. The number of halogens is 1. The van der Waals surface area contributed by atoms with Gasteiger partial charge in [-0.2, -0.15) is 5.10 Å². The first kappa shape index (κ1) is 17.1. The van der Waals surface area contributed by atoms with Crippen molar-refractivity contribution in [2.45, 2.75) is 20.0 Å². The van der Waals surface area contributed by atoms with E-state index in [1.165, 1.54) is 6.21 Å². The summed E-state index contributed by atoms with van der Waals surface area (Å²) in [6, 6.07) is 10.6. The molecular weight excluding hydrogens is 344 g/mol. The van der Waals surface area contributed by atoms with E-state index in [0.717, 1.165) is 11.1 Å². The largest absolute Gasteiger partial charge is 0.481 e. The molecule has 2 aromatic rings. The highest BCUT2D eigenvalue weighted by molar-refractivity contribution is 6.30. The van der Waals surface area contributed by atoms with Crippen LogP contribution in [-0.4, -0.2) is 25.0 Å². The number of rotatable bonds is 5. The maximum absolute atomic E-state index is 12.1. The van der Waals surface area contributed by atoms with Crippen LogP contribution in [0.4, 0.5) is 0 Å². The molecule has 1 heterocycles. The summed E-state index contributed by atoms with van der Waals surface area (Å²) in [5.74, 6) is 1.60. The molecule has 0 saturated heterocycles. The third-order valence-corrected chi connectivity index (χ3v) is 3.83. The second kappa shape index (κ2) is 7.44. The lowest BCUT2D eigenvalue weighted by molar-refractivity contribution is -0.127. The molecule has 6 nitrogen and oxygen atoms in total. The minimum absolute atomic E-state index is 0.214. The molecule has 3 rings (SSSR count). The van der Waals surface area contributed by atoms with Crippen LogP contribution < -0.4 is 19.6 Å². The minimum atomic E-state index is -0.700. The number of nitrogens with zero attached hydrogens (tertiary/aromatic N) is 1. The molecule has 1 unspecified atom stereocenters. The molecule has 0 radical (unpaired) electrons. The first-order valence-electron chi connectivity index (χ1n) is 7.68. The predicted molar refractivity (Wildman–Crippen MR) is 94.6 cm³/mol. The van der Waals surface area contributed by atoms with Crippen molar-refractivity contribution in [3.8, 4) is 17.2 Å². The van der Waals surface area contributed by atoms with E-state index in [4.69, 9.17) is 25.8 Å². The fraction of sp³-hybridized carbons (Fsp3) is 0.222. The Morgan fingerprint density at radius 2 is 2.08 bits per heavy atom. The van der Waals surface area contributed by atoms with Crippen LogP contribution >= 0.6 is 11.6 Å². The van der Waals surface area contributed by atoms with Crippen molar-refractivity contribution in [2.24, 2.45) is 5.10 Å². The van der Waals surface area contributed by atoms with Gasteiger partial charge in [0.2, 0.25) is 6.79 Å². The highest BCUT2D eigenvalue weighted by atomic mass is 35.5. The van der Waals surface area contributed by atoms with Gasteiger partial charge in [0.25, 0.3) is 5.91 Å². The monoisotopic (exact) mass is 360 g/mol. The van der Waals surface area contributed by atoms with E-state index in [9.17, 15) is 4.79 Å². The average molecular weight is 361 g/mol. The Morgan fingerprint density at radius 3 is 2.88 bits per heavy atom. The zero-order valence-electron chi connectivity index (χ0n) is 13.8. The Labute approximate surface area is 150 Å². The van der Waals surface area contributed by atoms with Crippen LogP contribution in [0.15, 0.2) is 41.5 Å². The predicted octanol–water partition coefficient (Wildman–Crippen LogP) is 3.29. The van der Waals surface area contributed by atoms with Gasteiger partial charge in [-0.05, 0) is 61.4 Å². The number of carbonyl (C=O) groups is 1. The van der Waals surface area contributed by atoms with E-state index in [1.807, 2.05) is 13.0 Å². The van der Waals surface area contributed by atoms with Gasteiger partial charge in [-0.15, -0.1) is 0 Å². The lowest BCUT2D eigenvalue weighted by Gasteiger charge is -2.14. The van der Waals surface area contributed by atoms with Crippen LogP contribution in [0.1, 0.15) is 18.1 Å². The van der Waals surface area contributed by atoms with Gasteiger partial charge in [0.1, 0.15) is 5.75 Å². The summed E-state index contributed by atoms with van der Waals surface area (Å²) < 4.78 is 16.2. The highest BCUT2D eigenvalue weighted by Crippen LogP contribution is 2.31. The van der Waals surface area contributed by atoms with E-state index >= 15 is 0 Å². The molecule has 1 aliphatic heterocycles. The fourth-order valence-electron chi connectivity index (χ4n) is 2.24. The molecule has 0 saturated carbocycles. The normalized spacial score (nSPS) is 13.7. The first-order valence-corrected chi connectivity index (χ1v) is 8.06. The van der Waals surface area contributed by atoms with Gasteiger partial charge in [-0.1, -0.05) is 11.6 Å². The van der Waals surface area contributed by atoms with Crippen LogP contribution in [0, 0.1) is 6.92 Å². The molecule has 2 aromatic carbocycles. The lowest BCUT2D eigenvalue weighted by atomic mass is 10.2. The number of carbonyl (C=O) groups excluding carboxylic acids is 1. The standard InChI is InChI=1S/C18H17ClN2O4/c1-11-7-14(19)4-6-15(11)25-12(2)18(22)21-20-9-13-3-5-16-17(8-13)24-10-23-16/h3-9,12H,10H2,1-2H3,(H,21,22). The van der Waals surface area contributed by atoms with Crippen molar-refractivity contribution >= 4 is 23.7 Å². The SMILES string of the molecule is Cc1cc(Cl)ccc1OC(C)C(=O)NN=Cc1ccc2c(c1)OCO2. The van der Waals surface area contributed by atoms with Crippen molar-refractivity contribution in [1.82, 2.24) is 5.43 Å². The smallest absolute Gasteiger partial charge is 0.280 e. The molecule has 0 fully saturated rings. The topological polar surface area (TPSA) is 69.2 Å². The number of hydrogen-bond donors (Lipinski definition) is 1. The zero-order chi connectivity index (χ0) is 17.8. The zero-order valence-corrected chi connectivity index (χ0v) is 14.5. The molecule has 1 amide bonds. The summed E-state index contributed by atoms with van der Waals surface area (Å²) in [6.07, 6.45) is 0.828. The molecule has 0 aromatic heterocycles. The van der Waals surface area contributed by atoms with Crippen molar-refractivity contribution in [2.75, 3.05) is 6.79 Å². The molecule has 0 spiro atoms. The van der Waals surface area contributed by atoms with E-state index < -0.39 is 6.10 Å². The summed E-state index contributed by atoms with van der Waals surface area (Å²) in [7, 11) is 0. The third-order valence-electron chi connectivity index (χ3n) is 3.59. The molecule has 25 heavy (non-hydrogen) atoms. The van der Waals surface area contributed by atoms with Gasteiger partial charge >= 0.3 is 0 Å². The van der Waals surface area contributed by atoms with Crippen LogP contribution in [0.5, 0.6) is 17.2 Å². The Kier molecular flexibility index (Phi) is 5.09. The summed E-state index contributed by atoms with van der Waals surface area (Å²) in [5.41, 5.74) is 4.10. The third kappa shape index (κ3) is 4.22. The van der Waals surface area contributed by atoms with E-state index in [1.54, 1.807) is 37.3 Å². The van der Waals surface area contributed by atoms with Crippen LogP contribution in [0.25, 0.3) is 0 Å². The molecule has 130 valence electrons. The van der Waals surface area contributed by atoms with E-state index in [2.05, 4.69) is 10.5 Å².